The smallest absolute Gasteiger partial charge is 0.178 e. The number of hydrogen-bond acceptors (Lipinski definition) is 5. The molecular formula is C22H17N3O2. The Labute approximate surface area is 156 Å². The van der Waals surface area contributed by atoms with E-state index in [9.17, 15) is 4.79 Å². The number of fused-ring (bicyclic) bond motifs is 1. The van der Waals surface area contributed by atoms with Crippen molar-refractivity contribution in [1.29, 1.82) is 0 Å². The van der Waals surface area contributed by atoms with Crippen molar-refractivity contribution in [3.05, 3.63) is 71.9 Å². The second-order valence-electron chi connectivity index (χ2n) is 6.19. The summed E-state index contributed by atoms with van der Waals surface area (Å²) in [6.45, 7) is 1.98. The van der Waals surface area contributed by atoms with Gasteiger partial charge in [-0.05, 0) is 42.8 Å². The first-order chi connectivity index (χ1) is 13.2. The van der Waals surface area contributed by atoms with Gasteiger partial charge in [0.15, 0.2) is 12.1 Å². The van der Waals surface area contributed by atoms with E-state index in [0.717, 1.165) is 34.0 Å². The predicted molar refractivity (Wildman–Crippen MR) is 105 cm³/mol. The molecule has 0 saturated carbocycles. The molecule has 0 N–H and O–H groups in total. The third kappa shape index (κ3) is 3.15. The number of ether oxygens (including phenoxy) is 1. The van der Waals surface area contributed by atoms with E-state index in [0.29, 0.717) is 22.8 Å². The predicted octanol–water partition coefficient (Wildman–Crippen LogP) is 4.49. The van der Waals surface area contributed by atoms with Crippen molar-refractivity contribution >= 4 is 17.2 Å². The lowest BCUT2D eigenvalue weighted by atomic mass is 10.0. The van der Waals surface area contributed by atoms with Gasteiger partial charge in [-0.3, -0.25) is 4.79 Å². The van der Waals surface area contributed by atoms with Crippen LogP contribution in [0.5, 0.6) is 5.75 Å². The maximum Gasteiger partial charge on any atom is 0.178 e. The minimum atomic E-state index is 0.489. The van der Waals surface area contributed by atoms with Crippen LogP contribution in [0.4, 0.5) is 0 Å². The number of pyridine rings is 1. The first-order valence-electron chi connectivity index (χ1n) is 8.53. The summed E-state index contributed by atoms with van der Waals surface area (Å²) in [6.07, 6.45) is 2.59. The maximum absolute atomic E-state index is 11.3. The third-order valence-electron chi connectivity index (χ3n) is 4.45. The van der Waals surface area contributed by atoms with Gasteiger partial charge in [-0.1, -0.05) is 24.3 Å². The highest BCUT2D eigenvalue weighted by atomic mass is 16.5. The van der Waals surface area contributed by atoms with Crippen molar-refractivity contribution in [2.75, 3.05) is 7.11 Å². The summed E-state index contributed by atoms with van der Waals surface area (Å²) in [7, 11) is 1.54. The number of aromatic nitrogens is 3. The summed E-state index contributed by atoms with van der Waals surface area (Å²) < 4.78 is 5.22. The zero-order chi connectivity index (χ0) is 18.8. The maximum atomic E-state index is 11.3. The van der Waals surface area contributed by atoms with Gasteiger partial charge in [-0.15, -0.1) is 0 Å². The molecule has 2 aromatic carbocycles. The Morgan fingerprint density at radius 2 is 1.85 bits per heavy atom. The molecule has 0 unspecified atom stereocenters. The van der Waals surface area contributed by atoms with Gasteiger partial charge < -0.3 is 4.74 Å². The largest absolute Gasteiger partial charge is 0.496 e. The molecule has 0 radical (unpaired) electrons. The second-order valence-corrected chi connectivity index (χ2v) is 6.19. The van der Waals surface area contributed by atoms with E-state index in [4.69, 9.17) is 9.72 Å². The van der Waals surface area contributed by atoms with E-state index in [-0.39, 0.29) is 0 Å². The van der Waals surface area contributed by atoms with Gasteiger partial charge in [0.05, 0.1) is 23.9 Å². The topological polar surface area (TPSA) is 65.0 Å². The molecule has 0 aliphatic heterocycles. The number of carbonyl (C=O) groups excluding carboxylic acids is 1. The highest BCUT2D eigenvalue weighted by Gasteiger charge is 2.12. The zero-order valence-corrected chi connectivity index (χ0v) is 15.0. The fourth-order valence-electron chi connectivity index (χ4n) is 3.01. The number of aldehydes is 1. The average molecular weight is 355 g/mol. The van der Waals surface area contributed by atoms with Crippen LogP contribution in [0.25, 0.3) is 33.7 Å². The molecule has 5 nitrogen and oxygen atoms in total. The SMILES string of the molecule is COc1ccc(-c2nc(-c3ncc4ccccc4n3)ccc2C)cc1C=O. The molecular weight excluding hydrogens is 338 g/mol. The van der Waals surface area contributed by atoms with E-state index in [1.807, 2.05) is 49.4 Å². The molecule has 0 bridgehead atoms. The molecule has 0 fully saturated rings. The van der Waals surface area contributed by atoms with E-state index in [1.165, 1.54) is 0 Å². The van der Waals surface area contributed by atoms with Crippen LogP contribution in [-0.4, -0.2) is 28.3 Å². The van der Waals surface area contributed by atoms with E-state index < -0.39 is 0 Å². The number of carbonyl (C=O) groups is 1. The molecule has 0 saturated heterocycles. The Balaban J connectivity index is 1.82. The first kappa shape index (κ1) is 16.8. The number of benzene rings is 2. The molecule has 0 aliphatic carbocycles. The van der Waals surface area contributed by atoms with Gasteiger partial charge in [0.2, 0.25) is 0 Å². The molecule has 0 atom stereocenters. The minimum Gasteiger partial charge on any atom is -0.496 e. The third-order valence-corrected chi connectivity index (χ3v) is 4.45. The van der Waals surface area contributed by atoms with Gasteiger partial charge >= 0.3 is 0 Å². The number of hydrogen-bond donors (Lipinski definition) is 0. The van der Waals surface area contributed by atoms with Crippen molar-refractivity contribution in [1.82, 2.24) is 15.0 Å². The molecule has 4 rings (SSSR count). The van der Waals surface area contributed by atoms with Crippen LogP contribution in [0.3, 0.4) is 0 Å². The van der Waals surface area contributed by atoms with Crippen LogP contribution < -0.4 is 4.74 Å². The van der Waals surface area contributed by atoms with Crippen LogP contribution in [0.2, 0.25) is 0 Å². The van der Waals surface area contributed by atoms with Crippen LogP contribution in [-0.2, 0) is 0 Å². The van der Waals surface area contributed by atoms with E-state index in [2.05, 4.69) is 9.97 Å². The van der Waals surface area contributed by atoms with E-state index >= 15 is 0 Å². The minimum absolute atomic E-state index is 0.489. The van der Waals surface area contributed by atoms with Gasteiger partial charge in [-0.25, -0.2) is 15.0 Å². The Morgan fingerprint density at radius 3 is 2.67 bits per heavy atom. The summed E-state index contributed by atoms with van der Waals surface area (Å²) in [4.78, 5) is 25.2. The Kier molecular flexibility index (Phi) is 4.34. The van der Waals surface area contributed by atoms with Crippen molar-refractivity contribution in [3.63, 3.8) is 0 Å². The number of aryl methyl sites for hydroxylation is 1. The number of nitrogens with zero attached hydrogens (tertiary/aromatic N) is 3. The van der Waals surface area contributed by atoms with Gasteiger partial charge in [0.25, 0.3) is 0 Å². The fraction of sp³-hybridized carbons (Fsp3) is 0.0909. The van der Waals surface area contributed by atoms with Crippen molar-refractivity contribution in [2.24, 2.45) is 0 Å². The van der Waals surface area contributed by atoms with E-state index in [1.54, 1.807) is 25.4 Å². The lowest BCUT2D eigenvalue weighted by Gasteiger charge is -2.10. The number of rotatable bonds is 4. The molecule has 4 aromatic rings. The molecule has 0 amide bonds. The van der Waals surface area contributed by atoms with Crippen molar-refractivity contribution in [3.8, 4) is 28.5 Å². The van der Waals surface area contributed by atoms with Gasteiger partial charge in [0, 0.05) is 17.1 Å². The van der Waals surface area contributed by atoms with Gasteiger partial charge in [0.1, 0.15) is 11.4 Å². The van der Waals surface area contributed by atoms with Crippen LogP contribution in [0, 0.1) is 6.92 Å². The summed E-state index contributed by atoms with van der Waals surface area (Å²) in [5.74, 6) is 1.11. The zero-order valence-electron chi connectivity index (χ0n) is 15.0. The highest BCUT2D eigenvalue weighted by molar-refractivity contribution is 5.83. The molecule has 5 heteroatoms. The van der Waals surface area contributed by atoms with Crippen LogP contribution in [0.15, 0.2) is 60.8 Å². The number of methoxy groups -OCH3 is 1. The van der Waals surface area contributed by atoms with Crippen molar-refractivity contribution < 1.29 is 9.53 Å². The lowest BCUT2D eigenvalue weighted by Crippen LogP contribution is -1.97. The normalized spacial score (nSPS) is 10.7. The summed E-state index contributed by atoms with van der Waals surface area (Å²) in [5, 5.41) is 0.986. The quantitative estimate of drug-likeness (QED) is 0.505. The van der Waals surface area contributed by atoms with Gasteiger partial charge in [-0.2, -0.15) is 0 Å². The molecule has 27 heavy (non-hydrogen) atoms. The molecule has 0 spiro atoms. The fourth-order valence-corrected chi connectivity index (χ4v) is 3.01. The Bertz CT molecular complexity index is 1160. The Morgan fingerprint density at radius 1 is 1.00 bits per heavy atom. The lowest BCUT2D eigenvalue weighted by molar-refractivity contribution is 0.112. The average Bonchev–Trinajstić information content (AvgIpc) is 2.73. The van der Waals surface area contributed by atoms with Crippen LogP contribution in [0.1, 0.15) is 15.9 Å². The standard InChI is InChI=1S/C22H17N3O2/c1-14-7-9-19(22-23-12-16-5-3-4-6-18(16)25-22)24-21(14)15-8-10-20(27-2)17(11-15)13-26/h3-13H,1-2H3. The van der Waals surface area contributed by atoms with Crippen LogP contribution >= 0.6 is 0 Å². The van der Waals surface area contributed by atoms with Crippen molar-refractivity contribution in [2.45, 2.75) is 6.92 Å². The second kappa shape index (κ2) is 6.96. The first-order valence-corrected chi connectivity index (χ1v) is 8.53. The molecule has 2 aromatic heterocycles. The molecule has 2 heterocycles. The summed E-state index contributed by atoms with van der Waals surface area (Å²) in [5.41, 5.74) is 4.68. The molecule has 0 aliphatic rings. The summed E-state index contributed by atoms with van der Waals surface area (Å²) >= 11 is 0. The highest BCUT2D eigenvalue weighted by Crippen LogP contribution is 2.28. The molecule has 132 valence electrons. The summed E-state index contributed by atoms with van der Waals surface area (Å²) in [6, 6.07) is 17.2. The number of para-hydroxylation sites is 1. The monoisotopic (exact) mass is 355 g/mol. The Hall–Kier alpha value is -3.60.